The summed E-state index contributed by atoms with van der Waals surface area (Å²) in [4.78, 5) is 0. The van der Waals surface area contributed by atoms with E-state index in [1.54, 1.807) is 41.5 Å². The van der Waals surface area contributed by atoms with Crippen LogP contribution in [0.15, 0.2) is 218 Å². The van der Waals surface area contributed by atoms with Gasteiger partial charge in [0, 0.05) is 33.4 Å². The van der Waals surface area contributed by atoms with Crippen LogP contribution in [0.4, 0.5) is 52.7 Å². The minimum Gasteiger partial charge on any atom is -0.491 e. The van der Waals surface area contributed by atoms with Crippen LogP contribution < -0.4 is 28.4 Å². The molecule has 0 radical (unpaired) electrons. The van der Waals surface area contributed by atoms with Crippen LogP contribution in [-0.2, 0) is 32.1 Å². The topological polar surface area (TPSA) is 55.4 Å². The summed E-state index contributed by atoms with van der Waals surface area (Å²) in [6.45, 7) is 24.7. The smallest absolute Gasteiger partial charge is 0.201 e. The zero-order chi connectivity index (χ0) is 99.2. The van der Waals surface area contributed by atoms with Crippen LogP contribution >= 0.6 is 0 Å². The van der Waals surface area contributed by atoms with Gasteiger partial charge in [-0.25, -0.2) is 26.3 Å². The van der Waals surface area contributed by atoms with E-state index in [-0.39, 0.29) is 108 Å². The zero-order valence-corrected chi connectivity index (χ0v) is 80.0. The molecule has 0 bridgehead atoms. The van der Waals surface area contributed by atoms with Crippen molar-refractivity contribution in [3.8, 4) is 106 Å². The Balaban J connectivity index is 0.000000224. The molecule has 0 saturated heterocycles. The normalized spacial score (nSPS) is 10.1. The molecule has 137 heavy (non-hydrogen) atoms. The lowest BCUT2D eigenvalue weighted by molar-refractivity contribution is 0.314. The average Bonchev–Trinajstić information content (AvgIpc) is 0.854. The molecular weight excluding hydrogens is 1750 g/mol. The van der Waals surface area contributed by atoms with Gasteiger partial charge in [0.15, 0.2) is 69.4 Å². The highest BCUT2D eigenvalue weighted by molar-refractivity contribution is 5.53. The molecule has 0 atom stereocenters. The predicted molar refractivity (Wildman–Crippen MR) is 527 cm³/mol. The maximum atomic E-state index is 14.0. The van der Waals surface area contributed by atoms with Crippen molar-refractivity contribution < 1.29 is 81.1 Å². The van der Waals surface area contributed by atoms with E-state index in [0.29, 0.717) is 0 Å². The summed E-state index contributed by atoms with van der Waals surface area (Å²) in [7, 11) is 0. The van der Waals surface area contributed by atoms with Crippen LogP contribution in [0.1, 0.15) is 253 Å². The second-order valence-electron chi connectivity index (χ2n) is 31.1. The molecule has 0 aromatic heterocycles. The Labute approximate surface area is 802 Å². The number of hydrogen-bond acceptors (Lipinski definition) is 6. The summed E-state index contributed by atoms with van der Waals surface area (Å²) in [6, 6.07) is 63.7. The molecule has 12 rings (SSSR count). The molecular formula is C119H118F12O6. The van der Waals surface area contributed by atoms with Crippen molar-refractivity contribution in [2.75, 3.05) is 39.6 Å². The third kappa shape index (κ3) is 36.9. The van der Waals surface area contributed by atoms with Gasteiger partial charge in [-0.1, -0.05) is 242 Å². The third-order valence-corrected chi connectivity index (χ3v) is 20.6. The Hall–Kier alpha value is -14.0. The van der Waals surface area contributed by atoms with Crippen molar-refractivity contribution in [2.24, 2.45) is 0 Å². The number of benzene rings is 12. The Morgan fingerprint density at radius 1 is 0.175 bits per heavy atom. The van der Waals surface area contributed by atoms with Crippen LogP contribution in [0, 0.1) is 148 Å². The molecule has 0 heterocycles. The van der Waals surface area contributed by atoms with E-state index in [4.69, 9.17) is 28.4 Å². The van der Waals surface area contributed by atoms with Crippen LogP contribution in [0.25, 0.3) is 0 Å². The molecule has 12 aromatic rings. The molecule has 714 valence electrons. The fraction of sp³-hybridized carbons (Fsp3) is 0.294. The zero-order valence-electron chi connectivity index (χ0n) is 80.0. The summed E-state index contributed by atoms with van der Waals surface area (Å²) in [5, 5.41) is 0. The standard InChI is InChI=1S/C23H26F2O.C22H24F2O.C20H20F2O.C19H18F2O.C18H16F2O.C17H14F2O/c1-3-5-6-7-8-9-18-10-12-19(13-11-18)14-15-20-16-17-21(26-4-2)23(25)22(20)24;1-3-5-6-7-8-17-9-11-18(12-10-17)13-14-19-15-16-20(25-4-2)22(24)21(19)23;1-3-5-6-15-7-9-16(10-8-15)11-12-17-13-14-18(23-4-2)20(22)19(17)21;1-3-5-14-6-8-15(9-7-14)10-11-16-12-13-17(22-4-2)19(21)18(16)20;1-3-13-5-7-14(8-6-13)9-10-15-11-12-16(21-4-2)18(20)17(15)19;1-3-20-15-11-10-14(16(18)17(15)19)9-8-13-6-4-12(2)5-7-13/h10-13,16-17H,3-9H2,1-2H3;9-12,15-16H,3-8H2,1-2H3;7-10,13-14H,3-6H2,1-2H3;6-9,12-13H,3-5H2,1-2H3;5-8,11-12H,3-4H2,1-2H3;4-7,10-11H,3H2,1-2H3. The summed E-state index contributed by atoms with van der Waals surface area (Å²) in [5.74, 6) is 20.9. The van der Waals surface area contributed by atoms with Crippen molar-refractivity contribution in [1.29, 1.82) is 0 Å². The molecule has 0 aliphatic carbocycles. The fourth-order valence-electron chi connectivity index (χ4n) is 13.0. The van der Waals surface area contributed by atoms with E-state index >= 15 is 0 Å². The predicted octanol–water partition coefficient (Wildman–Crippen LogP) is 30.4. The molecule has 0 aliphatic rings. The molecule has 0 unspecified atom stereocenters. The molecule has 0 amide bonds. The lowest BCUT2D eigenvalue weighted by atomic mass is 10.0. The van der Waals surface area contributed by atoms with Gasteiger partial charge in [-0.15, -0.1) is 0 Å². The lowest BCUT2D eigenvalue weighted by Crippen LogP contribution is -1.98. The largest absolute Gasteiger partial charge is 0.491 e. The number of ether oxygens (including phenoxy) is 6. The van der Waals surface area contributed by atoms with Crippen LogP contribution in [0.3, 0.4) is 0 Å². The van der Waals surface area contributed by atoms with Gasteiger partial charge in [0.05, 0.1) is 73.0 Å². The second kappa shape index (κ2) is 61.1. The number of rotatable bonds is 29. The molecule has 0 fully saturated rings. The monoisotopic (exact) mass is 1870 g/mol. The fourth-order valence-corrected chi connectivity index (χ4v) is 13.0. The third-order valence-electron chi connectivity index (χ3n) is 20.6. The highest BCUT2D eigenvalue weighted by Crippen LogP contribution is 2.30. The molecule has 0 spiro atoms. The maximum absolute atomic E-state index is 14.0. The van der Waals surface area contributed by atoms with Gasteiger partial charge in [-0.2, -0.15) is 26.3 Å². The first-order valence-corrected chi connectivity index (χ1v) is 46.7. The van der Waals surface area contributed by atoms with Gasteiger partial charge in [0.2, 0.25) is 34.9 Å². The molecule has 0 aliphatic heterocycles. The lowest BCUT2D eigenvalue weighted by Gasteiger charge is -2.05. The molecule has 6 nitrogen and oxygen atoms in total. The first kappa shape index (κ1) is 110. The van der Waals surface area contributed by atoms with Gasteiger partial charge >= 0.3 is 0 Å². The minimum absolute atomic E-state index is 0.0199. The first-order chi connectivity index (χ1) is 66.4. The maximum Gasteiger partial charge on any atom is 0.201 e. The van der Waals surface area contributed by atoms with Crippen molar-refractivity contribution in [2.45, 2.75) is 192 Å². The van der Waals surface area contributed by atoms with Crippen molar-refractivity contribution in [1.82, 2.24) is 0 Å². The number of halogens is 12. The average molecular weight is 1870 g/mol. The summed E-state index contributed by atoms with van der Waals surface area (Å²) < 4.78 is 196. The molecule has 0 N–H and O–H groups in total. The highest BCUT2D eigenvalue weighted by atomic mass is 19.2. The Bertz CT molecular complexity index is 6200. The van der Waals surface area contributed by atoms with E-state index in [2.05, 4.69) is 118 Å². The Morgan fingerprint density at radius 3 is 0.569 bits per heavy atom. The van der Waals surface area contributed by atoms with E-state index in [0.717, 1.165) is 90.3 Å². The number of hydrogen-bond donors (Lipinski definition) is 0. The summed E-state index contributed by atoms with van der Waals surface area (Å²) in [6.07, 6.45) is 19.8. The van der Waals surface area contributed by atoms with Crippen molar-refractivity contribution in [3.05, 3.63) is 388 Å². The van der Waals surface area contributed by atoms with Crippen molar-refractivity contribution >= 4 is 0 Å². The Morgan fingerprint density at radius 2 is 0.365 bits per heavy atom. The van der Waals surface area contributed by atoms with Crippen molar-refractivity contribution in [3.63, 3.8) is 0 Å². The molecule has 12 aromatic carbocycles. The van der Waals surface area contributed by atoms with Crippen LogP contribution in [0.2, 0.25) is 0 Å². The molecule has 0 saturated carbocycles. The minimum atomic E-state index is -0.998. The van der Waals surface area contributed by atoms with E-state index < -0.39 is 69.8 Å². The Kier molecular flexibility index (Phi) is 49.0. The molecule has 18 heteroatoms. The first-order valence-electron chi connectivity index (χ1n) is 46.7. The van der Waals surface area contributed by atoms with Gasteiger partial charge in [0.1, 0.15) is 0 Å². The summed E-state index contributed by atoms with van der Waals surface area (Å²) >= 11 is 0. The van der Waals surface area contributed by atoms with E-state index in [1.807, 2.05) is 140 Å². The van der Waals surface area contributed by atoms with Crippen LogP contribution in [0.5, 0.6) is 34.5 Å². The number of unbranched alkanes of at least 4 members (excludes halogenated alkanes) is 8. The van der Waals surface area contributed by atoms with Gasteiger partial charge in [0.25, 0.3) is 0 Å². The second-order valence-corrected chi connectivity index (χ2v) is 31.1. The summed E-state index contributed by atoms with van der Waals surface area (Å²) in [5.41, 5.74) is 12.2. The van der Waals surface area contributed by atoms with Gasteiger partial charge in [-0.3, -0.25) is 0 Å². The van der Waals surface area contributed by atoms with Gasteiger partial charge < -0.3 is 28.4 Å². The van der Waals surface area contributed by atoms with Gasteiger partial charge in [-0.05, 0) is 273 Å². The SMILES string of the molecule is CCCCCCCc1ccc(C#Cc2ccc(OCC)c(F)c2F)cc1.CCCCCCc1ccc(C#Cc2ccc(OCC)c(F)c2F)cc1.CCCCc1ccc(C#Cc2ccc(OCC)c(F)c2F)cc1.CCCc1ccc(C#Cc2ccc(OCC)c(F)c2F)cc1.CCOc1ccc(C#Cc2ccc(C)cc2)c(F)c1F.CCOc1ccc(C#Cc2ccc(CC)cc2)c(F)c1F. The quantitative estimate of drug-likeness (QED) is 0.0265. The van der Waals surface area contributed by atoms with E-state index in [9.17, 15) is 52.7 Å². The van der Waals surface area contributed by atoms with E-state index in [1.165, 1.54) is 158 Å². The number of aryl methyl sites for hydroxylation is 6. The van der Waals surface area contributed by atoms with Crippen LogP contribution in [-0.4, -0.2) is 39.6 Å². The highest BCUT2D eigenvalue weighted by Gasteiger charge is 2.20.